The lowest BCUT2D eigenvalue weighted by atomic mass is 10.2. The molecule has 0 bridgehead atoms. The van der Waals surface area contributed by atoms with Crippen LogP contribution in [0.25, 0.3) is 16.6 Å². The standard InChI is InChI=1S/C21H15ClN8O3/c1-11(27-19-14(9-23)18(24)25-10-26-19)20-28-16-7-3-6-15(22)17(16)21(31)29(20)12-4-2-5-13(8-12)30(32)33/h2-8,10-11H,1H3,(H3,24,25,26,27)/t11-/m0/s1. The number of nitriles is 1. The maximum Gasteiger partial charge on any atom is 0.271 e. The zero-order valence-corrected chi connectivity index (χ0v) is 17.8. The fourth-order valence-electron chi connectivity index (χ4n) is 3.38. The molecule has 0 amide bonds. The van der Waals surface area contributed by atoms with Gasteiger partial charge in [-0.05, 0) is 25.1 Å². The van der Waals surface area contributed by atoms with Crippen LogP contribution in [-0.2, 0) is 0 Å². The molecule has 2 heterocycles. The number of aromatic nitrogens is 4. The van der Waals surface area contributed by atoms with Gasteiger partial charge in [0.1, 0.15) is 35.4 Å². The number of halogens is 1. The number of nitro groups is 1. The lowest BCUT2D eigenvalue weighted by Crippen LogP contribution is -2.28. The monoisotopic (exact) mass is 462 g/mol. The number of nitrogen functional groups attached to an aromatic ring is 1. The van der Waals surface area contributed by atoms with E-state index in [1.54, 1.807) is 31.2 Å². The maximum atomic E-state index is 13.5. The van der Waals surface area contributed by atoms with Crippen molar-refractivity contribution in [2.75, 3.05) is 11.1 Å². The normalized spacial score (nSPS) is 11.7. The molecule has 164 valence electrons. The van der Waals surface area contributed by atoms with Crippen molar-refractivity contribution in [3.05, 3.63) is 85.7 Å². The molecular formula is C21H15ClN8O3. The molecule has 0 spiro atoms. The van der Waals surface area contributed by atoms with E-state index in [0.717, 1.165) is 0 Å². The molecule has 12 heteroatoms. The molecule has 4 rings (SSSR count). The third kappa shape index (κ3) is 3.90. The minimum absolute atomic E-state index is 0.00322. The minimum atomic E-state index is -0.679. The van der Waals surface area contributed by atoms with Crippen molar-refractivity contribution in [2.24, 2.45) is 0 Å². The smallest absolute Gasteiger partial charge is 0.271 e. The van der Waals surface area contributed by atoms with Crippen LogP contribution in [-0.4, -0.2) is 24.4 Å². The summed E-state index contributed by atoms with van der Waals surface area (Å²) in [5, 5.41) is 24.1. The average molecular weight is 463 g/mol. The van der Waals surface area contributed by atoms with Crippen molar-refractivity contribution in [3.63, 3.8) is 0 Å². The number of nitrogens with one attached hydrogen (secondary N) is 1. The Morgan fingerprint density at radius 2 is 2.03 bits per heavy atom. The molecule has 11 nitrogen and oxygen atoms in total. The van der Waals surface area contributed by atoms with Gasteiger partial charge in [0.25, 0.3) is 11.2 Å². The second kappa shape index (κ2) is 8.52. The van der Waals surface area contributed by atoms with Crippen LogP contribution < -0.4 is 16.6 Å². The van der Waals surface area contributed by atoms with Gasteiger partial charge < -0.3 is 11.1 Å². The second-order valence-corrected chi connectivity index (χ2v) is 7.39. The fourth-order valence-corrected chi connectivity index (χ4v) is 3.63. The molecule has 0 radical (unpaired) electrons. The first kappa shape index (κ1) is 21.7. The molecule has 0 saturated carbocycles. The van der Waals surface area contributed by atoms with E-state index in [1.807, 2.05) is 6.07 Å². The predicted octanol–water partition coefficient (Wildman–Crippen LogP) is 3.36. The number of nitrogens with zero attached hydrogens (tertiary/aromatic N) is 6. The van der Waals surface area contributed by atoms with Gasteiger partial charge in [0.05, 0.1) is 32.6 Å². The van der Waals surface area contributed by atoms with E-state index in [1.165, 1.54) is 29.1 Å². The number of hydrogen-bond acceptors (Lipinski definition) is 9. The van der Waals surface area contributed by atoms with Crippen molar-refractivity contribution in [3.8, 4) is 11.8 Å². The van der Waals surface area contributed by atoms with Crippen LogP contribution in [0.2, 0.25) is 5.02 Å². The molecule has 3 N–H and O–H groups in total. The number of nitro benzene ring substituents is 1. The highest BCUT2D eigenvalue weighted by atomic mass is 35.5. The minimum Gasteiger partial charge on any atom is -0.382 e. The molecule has 0 aliphatic rings. The Morgan fingerprint density at radius 3 is 2.76 bits per heavy atom. The summed E-state index contributed by atoms with van der Waals surface area (Å²) in [5.74, 6) is 0.372. The lowest BCUT2D eigenvalue weighted by molar-refractivity contribution is -0.384. The SMILES string of the molecule is C[C@H](Nc1ncnc(N)c1C#N)c1nc2cccc(Cl)c2c(=O)n1-c1cccc([N+](=O)[O-])c1. The van der Waals surface area contributed by atoms with Crippen LogP contribution in [0.5, 0.6) is 0 Å². The number of benzene rings is 2. The predicted molar refractivity (Wildman–Crippen MR) is 122 cm³/mol. The molecule has 1 atom stereocenters. The quantitative estimate of drug-likeness (QED) is 0.334. The summed E-state index contributed by atoms with van der Waals surface area (Å²) in [4.78, 5) is 36.8. The van der Waals surface area contributed by atoms with Crippen molar-refractivity contribution >= 4 is 39.8 Å². The number of hydrogen-bond donors (Lipinski definition) is 2. The second-order valence-electron chi connectivity index (χ2n) is 6.98. The van der Waals surface area contributed by atoms with Gasteiger partial charge >= 0.3 is 0 Å². The summed E-state index contributed by atoms with van der Waals surface area (Å²) in [6.45, 7) is 1.70. The molecule has 0 unspecified atom stereocenters. The highest BCUT2D eigenvalue weighted by molar-refractivity contribution is 6.35. The topological polar surface area (TPSA) is 166 Å². The zero-order valence-electron chi connectivity index (χ0n) is 17.1. The van der Waals surface area contributed by atoms with Crippen molar-refractivity contribution in [1.29, 1.82) is 5.26 Å². The highest BCUT2D eigenvalue weighted by Gasteiger charge is 2.22. The van der Waals surface area contributed by atoms with E-state index in [2.05, 4.69) is 20.3 Å². The molecule has 0 saturated heterocycles. The third-order valence-electron chi connectivity index (χ3n) is 4.90. The van der Waals surface area contributed by atoms with Gasteiger partial charge in [-0.25, -0.2) is 15.0 Å². The zero-order chi connectivity index (χ0) is 23.7. The Hall–Kier alpha value is -4.56. The van der Waals surface area contributed by atoms with Crippen LogP contribution in [0.1, 0.15) is 24.4 Å². The number of non-ortho nitro benzene ring substituents is 1. The van der Waals surface area contributed by atoms with E-state index in [-0.39, 0.29) is 44.8 Å². The number of anilines is 2. The highest BCUT2D eigenvalue weighted by Crippen LogP contribution is 2.27. The summed E-state index contributed by atoms with van der Waals surface area (Å²) in [6.07, 6.45) is 1.20. The molecule has 4 aromatic rings. The van der Waals surface area contributed by atoms with E-state index in [0.29, 0.717) is 5.52 Å². The van der Waals surface area contributed by atoms with Crippen molar-refractivity contribution < 1.29 is 4.92 Å². The van der Waals surface area contributed by atoms with E-state index >= 15 is 0 Å². The van der Waals surface area contributed by atoms with Gasteiger partial charge in [-0.15, -0.1) is 0 Å². The molecular weight excluding hydrogens is 448 g/mol. The van der Waals surface area contributed by atoms with Crippen molar-refractivity contribution in [2.45, 2.75) is 13.0 Å². The molecule has 2 aromatic heterocycles. The Morgan fingerprint density at radius 1 is 1.27 bits per heavy atom. The van der Waals surface area contributed by atoms with E-state index in [4.69, 9.17) is 17.3 Å². The Labute approximate surface area is 191 Å². The summed E-state index contributed by atoms with van der Waals surface area (Å²) in [5.41, 5.74) is 5.69. The molecule has 0 fully saturated rings. The van der Waals surface area contributed by atoms with Gasteiger partial charge in [0.15, 0.2) is 0 Å². The summed E-state index contributed by atoms with van der Waals surface area (Å²) < 4.78 is 1.25. The molecule has 0 aliphatic carbocycles. The van der Waals surface area contributed by atoms with E-state index < -0.39 is 16.5 Å². The maximum absolute atomic E-state index is 13.5. The largest absolute Gasteiger partial charge is 0.382 e. The van der Waals surface area contributed by atoms with Crippen LogP contribution in [0, 0.1) is 21.4 Å². The van der Waals surface area contributed by atoms with Gasteiger partial charge in [-0.1, -0.05) is 23.7 Å². The molecule has 33 heavy (non-hydrogen) atoms. The van der Waals surface area contributed by atoms with Gasteiger partial charge in [0, 0.05) is 12.1 Å². The summed E-state index contributed by atoms with van der Waals surface area (Å²) in [7, 11) is 0. The van der Waals surface area contributed by atoms with Crippen LogP contribution in [0.15, 0.2) is 53.6 Å². The number of fused-ring (bicyclic) bond motifs is 1. The van der Waals surface area contributed by atoms with Crippen LogP contribution in [0.3, 0.4) is 0 Å². The van der Waals surface area contributed by atoms with Gasteiger partial charge in [-0.3, -0.25) is 19.5 Å². The van der Waals surface area contributed by atoms with Crippen LogP contribution >= 0.6 is 11.6 Å². The average Bonchev–Trinajstić information content (AvgIpc) is 2.79. The molecule has 0 aliphatic heterocycles. The first-order chi connectivity index (χ1) is 15.8. The Kier molecular flexibility index (Phi) is 5.60. The summed E-state index contributed by atoms with van der Waals surface area (Å²) in [6, 6.07) is 11.7. The Bertz CT molecular complexity index is 1510. The fraction of sp³-hybridized carbons (Fsp3) is 0.0952. The Balaban J connectivity index is 1.96. The molecule has 2 aromatic carbocycles. The number of rotatable bonds is 5. The van der Waals surface area contributed by atoms with Gasteiger partial charge in [-0.2, -0.15) is 5.26 Å². The lowest BCUT2D eigenvalue weighted by Gasteiger charge is -2.20. The van der Waals surface area contributed by atoms with E-state index in [9.17, 15) is 20.2 Å². The van der Waals surface area contributed by atoms with Crippen molar-refractivity contribution in [1.82, 2.24) is 19.5 Å². The van der Waals surface area contributed by atoms with Gasteiger partial charge in [0.2, 0.25) is 0 Å². The number of nitrogens with two attached hydrogens (primary N) is 1. The van der Waals surface area contributed by atoms with Crippen LogP contribution in [0.4, 0.5) is 17.3 Å². The third-order valence-corrected chi connectivity index (χ3v) is 5.22. The first-order valence-electron chi connectivity index (χ1n) is 9.55. The summed E-state index contributed by atoms with van der Waals surface area (Å²) >= 11 is 6.28. The first-order valence-corrected chi connectivity index (χ1v) is 9.92.